The highest BCUT2D eigenvalue weighted by atomic mass is 16.6. The maximum Gasteiger partial charge on any atom is 0.329 e. The Balaban J connectivity index is 0. The molecule has 5 N–H and O–H groups in total. The molecule has 15 nitrogen and oxygen atoms in total. The number of amides is 3. The summed E-state index contributed by atoms with van der Waals surface area (Å²) >= 11 is 0. The zero-order chi connectivity index (χ0) is 46.0. The molecule has 1 atom stereocenters. The molecule has 0 aromatic heterocycles. The maximum atomic E-state index is 12.8. The number of hydrogen-bond donors (Lipinski definition) is 4. The average Bonchev–Trinajstić information content (AvgIpc) is 3.17. The minimum Gasteiger partial charge on any atom is -0.460 e. The largest absolute Gasteiger partial charge is 0.460 e. The Morgan fingerprint density at radius 1 is 0.525 bits per heavy atom. The van der Waals surface area contributed by atoms with Crippen molar-refractivity contribution in [1.29, 1.82) is 0 Å². The number of primary amides is 1. The molecule has 0 aromatic rings. The van der Waals surface area contributed by atoms with Crippen LogP contribution >= 0.6 is 0 Å². The van der Waals surface area contributed by atoms with Gasteiger partial charge in [-0.05, 0) is 74.8 Å². The highest BCUT2D eigenvalue weighted by Gasteiger charge is 2.27. The summed E-state index contributed by atoms with van der Waals surface area (Å²) in [6.07, 6.45) is 20.0. The lowest BCUT2D eigenvalue weighted by Gasteiger charge is -2.24. The molecule has 0 fully saturated rings. The van der Waals surface area contributed by atoms with Gasteiger partial charge < -0.3 is 50.1 Å². The zero-order valence-corrected chi connectivity index (χ0v) is 39.9. The Kier molecular flexibility index (Phi) is 40.7. The Hall–Kier alpha value is -2.85. The van der Waals surface area contributed by atoms with E-state index in [1.165, 1.54) is 70.6 Å². The van der Waals surface area contributed by atoms with Gasteiger partial charge in [0.1, 0.15) is 23.9 Å². The van der Waals surface area contributed by atoms with Crippen LogP contribution in [0.2, 0.25) is 0 Å². The van der Waals surface area contributed by atoms with Crippen molar-refractivity contribution < 1.29 is 52.4 Å². The first-order chi connectivity index (χ1) is 29.0. The van der Waals surface area contributed by atoms with E-state index in [2.05, 4.69) is 16.0 Å². The SMILES string of the molecule is CCOCCOCCNC(=O)CCC(NC(=O)CCCCCCCCCCCCCCCCCCC(=O)OC(C)(C)C)C(=O)OC(C)(C)C.CNCCOCCOCC(N)=O. The predicted octanol–water partition coefficient (Wildman–Crippen LogP) is 6.85. The van der Waals surface area contributed by atoms with Gasteiger partial charge >= 0.3 is 11.9 Å². The number of carbonyl (C=O) groups is 5. The lowest BCUT2D eigenvalue weighted by Crippen LogP contribution is -2.44. The van der Waals surface area contributed by atoms with E-state index in [1.54, 1.807) is 20.8 Å². The van der Waals surface area contributed by atoms with Gasteiger partial charge in [0.15, 0.2) is 0 Å². The van der Waals surface area contributed by atoms with E-state index in [0.29, 0.717) is 65.6 Å². The second kappa shape index (κ2) is 41.2. The molecule has 0 bridgehead atoms. The van der Waals surface area contributed by atoms with Crippen molar-refractivity contribution in [3.8, 4) is 0 Å². The number of unbranched alkanes of at least 4 members (excludes halogenated alkanes) is 15. The normalized spacial score (nSPS) is 11.9. The summed E-state index contributed by atoms with van der Waals surface area (Å²) in [5.74, 6) is -1.44. The van der Waals surface area contributed by atoms with Crippen molar-refractivity contribution in [1.82, 2.24) is 16.0 Å². The van der Waals surface area contributed by atoms with Crippen LogP contribution in [-0.2, 0) is 52.4 Å². The van der Waals surface area contributed by atoms with E-state index < -0.39 is 23.5 Å². The molecule has 0 aromatic carbocycles. The van der Waals surface area contributed by atoms with E-state index in [0.717, 1.165) is 38.6 Å². The van der Waals surface area contributed by atoms with E-state index in [1.807, 2.05) is 34.7 Å². The topological polar surface area (TPSA) is 203 Å². The van der Waals surface area contributed by atoms with Crippen LogP contribution in [0.15, 0.2) is 0 Å². The molecule has 3 amide bonds. The fourth-order valence-corrected chi connectivity index (χ4v) is 5.87. The van der Waals surface area contributed by atoms with Crippen LogP contribution in [0, 0.1) is 0 Å². The second-order valence-electron chi connectivity index (χ2n) is 17.3. The summed E-state index contributed by atoms with van der Waals surface area (Å²) in [5, 5.41) is 8.53. The molecule has 0 saturated carbocycles. The van der Waals surface area contributed by atoms with Gasteiger partial charge in [-0.2, -0.15) is 0 Å². The number of nitrogens with one attached hydrogen (secondary N) is 3. The first-order valence-corrected chi connectivity index (χ1v) is 23.2. The van der Waals surface area contributed by atoms with Crippen molar-refractivity contribution in [2.75, 3.05) is 73.0 Å². The summed E-state index contributed by atoms with van der Waals surface area (Å²) in [5.41, 5.74) is 3.77. The third kappa shape index (κ3) is 49.7. The molecule has 0 aliphatic rings. The third-order valence-corrected chi connectivity index (χ3v) is 8.90. The smallest absolute Gasteiger partial charge is 0.329 e. The molecule has 0 aliphatic carbocycles. The van der Waals surface area contributed by atoms with Crippen molar-refractivity contribution in [3.63, 3.8) is 0 Å². The maximum absolute atomic E-state index is 12.8. The minimum atomic E-state index is -0.859. The number of rotatable bonds is 39. The van der Waals surface area contributed by atoms with Crippen LogP contribution < -0.4 is 21.7 Å². The van der Waals surface area contributed by atoms with Crippen LogP contribution in [0.4, 0.5) is 0 Å². The van der Waals surface area contributed by atoms with Crippen molar-refractivity contribution >= 4 is 29.7 Å². The summed E-state index contributed by atoms with van der Waals surface area (Å²) in [6.45, 7) is 17.7. The lowest BCUT2D eigenvalue weighted by molar-refractivity contribution is -0.159. The minimum absolute atomic E-state index is 0.0324. The van der Waals surface area contributed by atoms with Crippen LogP contribution in [0.3, 0.4) is 0 Å². The fourth-order valence-electron chi connectivity index (χ4n) is 5.87. The predicted molar refractivity (Wildman–Crippen MR) is 241 cm³/mol. The van der Waals surface area contributed by atoms with Gasteiger partial charge in [0.25, 0.3) is 0 Å². The van der Waals surface area contributed by atoms with Crippen LogP contribution in [0.5, 0.6) is 0 Å². The first kappa shape index (κ1) is 60.2. The quantitative estimate of drug-likeness (QED) is 0.0370. The Labute approximate surface area is 370 Å². The van der Waals surface area contributed by atoms with Gasteiger partial charge in [-0.1, -0.05) is 89.9 Å². The molecular weight excluding hydrogens is 785 g/mol. The monoisotopic (exact) mass is 875 g/mol. The number of ether oxygens (including phenoxy) is 6. The van der Waals surface area contributed by atoms with Crippen LogP contribution in [-0.4, -0.2) is 120 Å². The molecular formula is C46H90N4O11. The van der Waals surface area contributed by atoms with E-state index in [4.69, 9.17) is 34.2 Å². The number of nitrogens with two attached hydrogens (primary N) is 1. The second-order valence-corrected chi connectivity index (χ2v) is 17.3. The molecule has 1 unspecified atom stereocenters. The zero-order valence-electron chi connectivity index (χ0n) is 39.9. The highest BCUT2D eigenvalue weighted by Crippen LogP contribution is 2.16. The van der Waals surface area contributed by atoms with E-state index in [-0.39, 0.29) is 42.8 Å². The Morgan fingerprint density at radius 2 is 0.967 bits per heavy atom. The molecule has 0 saturated heterocycles. The van der Waals surface area contributed by atoms with E-state index in [9.17, 15) is 24.0 Å². The standard InChI is InChI=1S/C39H74N2O8.C7H16N2O3/c1-8-46-31-32-47-30-29-40-34(42)28-27-33(37(45)49-39(5,6)7)41-35(43)25-23-21-19-17-15-13-11-9-10-12-14-16-18-20-22-24-26-36(44)48-38(2,3)4;1-9-2-3-11-4-5-12-6-7(8)10/h33H,8-32H2,1-7H3,(H,40,42)(H,41,43);9H,2-6H2,1H3,(H2,8,10). The summed E-state index contributed by atoms with van der Waals surface area (Å²) < 4.78 is 31.4. The average molecular weight is 875 g/mol. The molecule has 0 aliphatic heterocycles. The molecule has 0 heterocycles. The number of esters is 2. The molecule has 360 valence electrons. The van der Waals surface area contributed by atoms with Crippen molar-refractivity contribution in [3.05, 3.63) is 0 Å². The Morgan fingerprint density at radius 3 is 1.43 bits per heavy atom. The summed E-state index contributed by atoms with van der Waals surface area (Å²) in [7, 11) is 1.85. The molecule has 0 spiro atoms. The van der Waals surface area contributed by atoms with Gasteiger partial charge in [-0.25, -0.2) is 4.79 Å². The van der Waals surface area contributed by atoms with Crippen LogP contribution in [0.1, 0.15) is 177 Å². The van der Waals surface area contributed by atoms with Crippen molar-refractivity contribution in [2.24, 2.45) is 5.73 Å². The lowest BCUT2D eigenvalue weighted by atomic mass is 10.0. The van der Waals surface area contributed by atoms with E-state index >= 15 is 0 Å². The van der Waals surface area contributed by atoms with Gasteiger partial charge in [0.05, 0.1) is 39.6 Å². The van der Waals surface area contributed by atoms with Gasteiger partial charge in [0.2, 0.25) is 17.7 Å². The molecule has 15 heteroatoms. The Bertz CT molecular complexity index is 1100. The van der Waals surface area contributed by atoms with Crippen LogP contribution in [0.25, 0.3) is 0 Å². The molecule has 0 rings (SSSR count). The highest BCUT2D eigenvalue weighted by molar-refractivity contribution is 5.85. The van der Waals surface area contributed by atoms with Crippen molar-refractivity contribution in [2.45, 2.75) is 194 Å². The number of hydrogen-bond acceptors (Lipinski definition) is 12. The number of likely N-dealkylation sites (N-methyl/N-ethyl adjacent to an activating group) is 1. The summed E-state index contributed by atoms with van der Waals surface area (Å²) in [4.78, 5) is 59.6. The fraction of sp³-hybridized carbons (Fsp3) is 0.891. The summed E-state index contributed by atoms with van der Waals surface area (Å²) in [6, 6.07) is -0.859. The molecule has 61 heavy (non-hydrogen) atoms. The number of carbonyl (C=O) groups excluding carboxylic acids is 5. The first-order valence-electron chi connectivity index (χ1n) is 23.2. The van der Waals surface area contributed by atoms with Gasteiger partial charge in [-0.15, -0.1) is 0 Å². The van der Waals surface area contributed by atoms with Gasteiger partial charge in [0, 0.05) is 39.0 Å². The molecule has 0 radical (unpaired) electrons. The third-order valence-electron chi connectivity index (χ3n) is 8.90. The van der Waals surface area contributed by atoms with Gasteiger partial charge in [-0.3, -0.25) is 19.2 Å².